The van der Waals surface area contributed by atoms with Crippen LogP contribution in [-0.2, 0) is 14.3 Å². The van der Waals surface area contributed by atoms with Crippen molar-refractivity contribution in [1.29, 1.82) is 0 Å². The Balaban J connectivity index is 0.000000551. The Bertz CT molecular complexity index is 920. The van der Waals surface area contributed by atoms with Gasteiger partial charge in [-0.05, 0) is 42.4 Å². The average molecular weight is 502 g/mol. The summed E-state index contributed by atoms with van der Waals surface area (Å²) in [5, 5.41) is 0. The Morgan fingerprint density at radius 3 is 2.36 bits per heavy atom. The van der Waals surface area contributed by atoms with Crippen LogP contribution < -0.4 is 0 Å². The number of halogens is 2. The first-order valence-electron chi connectivity index (χ1n) is 12.4. The van der Waals surface area contributed by atoms with Crippen molar-refractivity contribution in [2.24, 2.45) is 5.41 Å². The SMILES string of the molecule is C=C/C=C\C=C1/CN(C)C(=O)C12COC(/C=C1/OCCCC1=C)=C2CC.C=CCF.CC/C=C\CF. The smallest absolute Gasteiger partial charge is 0.240 e. The van der Waals surface area contributed by atoms with Gasteiger partial charge in [0.2, 0.25) is 5.91 Å². The molecule has 1 atom stereocenters. The van der Waals surface area contributed by atoms with Crippen LogP contribution in [0.3, 0.4) is 0 Å². The number of amides is 1. The second-order valence-corrected chi connectivity index (χ2v) is 8.41. The van der Waals surface area contributed by atoms with Crippen molar-refractivity contribution in [3.8, 4) is 0 Å². The number of hydrogen-bond donors (Lipinski definition) is 0. The van der Waals surface area contributed by atoms with Gasteiger partial charge in [0.15, 0.2) is 0 Å². The predicted molar refractivity (Wildman–Crippen MR) is 145 cm³/mol. The fourth-order valence-electron chi connectivity index (χ4n) is 4.21. The van der Waals surface area contributed by atoms with Gasteiger partial charge in [-0.2, -0.15) is 0 Å². The summed E-state index contributed by atoms with van der Waals surface area (Å²) in [6.07, 6.45) is 17.6. The Kier molecular flexibility index (Phi) is 14.2. The van der Waals surface area contributed by atoms with E-state index in [1.807, 2.05) is 38.3 Å². The maximum Gasteiger partial charge on any atom is 0.240 e. The van der Waals surface area contributed by atoms with Crippen LogP contribution in [0.25, 0.3) is 0 Å². The lowest BCUT2D eigenvalue weighted by Crippen LogP contribution is -2.35. The quantitative estimate of drug-likeness (QED) is 0.275. The van der Waals surface area contributed by atoms with E-state index in [9.17, 15) is 13.6 Å². The molecule has 3 rings (SSSR count). The summed E-state index contributed by atoms with van der Waals surface area (Å²) in [5.74, 6) is 1.64. The minimum absolute atomic E-state index is 0.101. The van der Waals surface area contributed by atoms with E-state index in [2.05, 4.69) is 26.7 Å². The first-order valence-corrected chi connectivity index (χ1v) is 12.4. The summed E-state index contributed by atoms with van der Waals surface area (Å²) in [5.41, 5.74) is 2.39. The third-order valence-corrected chi connectivity index (χ3v) is 5.91. The lowest BCUT2D eigenvalue weighted by molar-refractivity contribution is -0.133. The lowest BCUT2D eigenvalue weighted by atomic mass is 9.75. The molecule has 2 fully saturated rings. The monoisotopic (exact) mass is 501 g/mol. The number of rotatable bonds is 7. The van der Waals surface area contributed by atoms with Crippen LogP contribution in [-0.4, -0.2) is 51.0 Å². The molecule has 1 unspecified atom stereocenters. The molecule has 0 bridgehead atoms. The number of likely N-dealkylation sites (N-methyl/N-ethyl adjacent to an activating group) is 1. The molecule has 36 heavy (non-hydrogen) atoms. The summed E-state index contributed by atoms with van der Waals surface area (Å²) < 4.78 is 33.5. The van der Waals surface area contributed by atoms with Crippen molar-refractivity contribution in [2.75, 3.05) is 40.2 Å². The van der Waals surface area contributed by atoms with E-state index in [0.29, 0.717) is 19.8 Å². The lowest BCUT2D eigenvalue weighted by Gasteiger charge is -2.24. The molecule has 198 valence electrons. The molecule has 3 heterocycles. The van der Waals surface area contributed by atoms with Gasteiger partial charge < -0.3 is 14.4 Å². The molecule has 0 radical (unpaired) electrons. The van der Waals surface area contributed by atoms with E-state index in [-0.39, 0.29) is 12.6 Å². The second-order valence-electron chi connectivity index (χ2n) is 8.41. The highest BCUT2D eigenvalue weighted by molar-refractivity contribution is 5.94. The standard InChI is InChI=1S/C22H27NO3.C5H9F.C3H5F/c1-5-7-8-11-17-14-23(4)21(24)22(17)15-26-20(18(22)6-2)13-19-16(3)10-9-12-25-19;1-2-3-4-5-6;1-2-3-4/h5,7-8,11,13H,1,3,6,9-10,12,14-15H2,2,4H3;3-4H,2,5H2,1H3;2H,1,3H2/b8-7-,17-11+,19-13+;4-3-;. The van der Waals surface area contributed by atoms with Crippen LogP contribution in [0.1, 0.15) is 39.5 Å². The van der Waals surface area contributed by atoms with Gasteiger partial charge in [-0.1, -0.05) is 69.5 Å². The third-order valence-electron chi connectivity index (χ3n) is 5.91. The van der Waals surface area contributed by atoms with Gasteiger partial charge in [0.05, 0.1) is 6.61 Å². The number of allylic oxidation sites excluding steroid dienone is 9. The first kappa shape index (κ1) is 30.9. The number of hydrogen-bond acceptors (Lipinski definition) is 3. The summed E-state index contributed by atoms with van der Waals surface area (Å²) in [6.45, 7) is 15.9. The molecule has 3 aliphatic heterocycles. The molecule has 2 saturated heterocycles. The van der Waals surface area contributed by atoms with Crippen molar-refractivity contribution in [3.05, 3.63) is 96.6 Å². The van der Waals surface area contributed by atoms with Crippen molar-refractivity contribution in [1.82, 2.24) is 4.90 Å². The van der Waals surface area contributed by atoms with Gasteiger partial charge in [-0.25, -0.2) is 8.78 Å². The van der Waals surface area contributed by atoms with E-state index in [4.69, 9.17) is 9.47 Å². The van der Waals surface area contributed by atoms with E-state index < -0.39 is 12.1 Å². The van der Waals surface area contributed by atoms with Crippen LogP contribution in [0.4, 0.5) is 8.78 Å². The largest absolute Gasteiger partial charge is 0.493 e. The predicted octanol–water partition coefficient (Wildman–Crippen LogP) is 7.12. The molecule has 0 aliphatic carbocycles. The molecule has 0 saturated carbocycles. The molecule has 3 aliphatic rings. The molecule has 1 amide bonds. The molecule has 0 N–H and O–H groups in total. The van der Waals surface area contributed by atoms with Crippen molar-refractivity contribution in [3.63, 3.8) is 0 Å². The molecule has 6 heteroatoms. The van der Waals surface area contributed by atoms with E-state index in [1.165, 1.54) is 12.2 Å². The molecule has 0 aromatic carbocycles. The van der Waals surface area contributed by atoms with Crippen molar-refractivity contribution >= 4 is 5.91 Å². The maximum absolute atomic E-state index is 13.1. The first-order chi connectivity index (χ1) is 17.4. The molecular weight excluding hydrogens is 460 g/mol. The van der Waals surface area contributed by atoms with Gasteiger partial charge in [-0.3, -0.25) is 4.79 Å². The Hall–Kier alpha value is -3.15. The summed E-state index contributed by atoms with van der Waals surface area (Å²) in [7, 11) is 1.85. The summed E-state index contributed by atoms with van der Waals surface area (Å²) >= 11 is 0. The van der Waals surface area contributed by atoms with Gasteiger partial charge in [0.25, 0.3) is 0 Å². The van der Waals surface area contributed by atoms with Gasteiger partial charge in [0.1, 0.15) is 36.9 Å². The highest BCUT2D eigenvalue weighted by Gasteiger charge is 2.55. The zero-order valence-electron chi connectivity index (χ0n) is 22.0. The molecule has 1 spiro atoms. The van der Waals surface area contributed by atoms with Crippen molar-refractivity contribution in [2.45, 2.75) is 39.5 Å². The number of ether oxygens (including phenoxy) is 2. The minimum atomic E-state index is -0.697. The zero-order valence-corrected chi connectivity index (χ0v) is 22.0. The molecular formula is C30H41F2NO3. The van der Waals surface area contributed by atoms with E-state index >= 15 is 0 Å². The van der Waals surface area contributed by atoms with Crippen LogP contribution >= 0.6 is 0 Å². The molecule has 4 nitrogen and oxygen atoms in total. The number of nitrogens with zero attached hydrogens (tertiary/aromatic N) is 1. The van der Waals surface area contributed by atoms with Gasteiger partial charge >= 0.3 is 0 Å². The van der Waals surface area contributed by atoms with Gasteiger partial charge in [0, 0.05) is 19.7 Å². The number of carbonyl (C=O) groups excluding carboxylic acids is 1. The Morgan fingerprint density at radius 1 is 1.11 bits per heavy atom. The van der Waals surface area contributed by atoms with Crippen molar-refractivity contribution < 1.29 is 23.0 Å². The molecule has 0 aromatic rings. The number of likely N-dealkylation sites (tertiary alicyclic amines) is 1. The topological polar surface area (TPSA) is 38.8 Å². The highest BCUT2D eigenvalue weighted by atomic mass is 19.1. The summed E-state index contributed by atoms with van der Waals surface area (Å²) in [6, 6.07) is 0. The van der Waals surface area contributed by atoms with Crippen LogP contribution in [0.2, 0.25) is 0 Å². The van der Waals surface area contributed by atoms with Gasteiger partial charge in [-0.15, -0.1) is 6.58 Å². The Morgan fingerprint density at radius 2 is 1.83 bits per heavy atom. The van der Waals surface area contributed by atoms with Crippen LogP contribution in [0.5, 0.6) is 0 Å². The summed E-state index contributed by atoms with van der Waals surface area (Å²) in [4.78, 5) is 14.9. The number of alkyl halides is 2. The zero-order chi connectivity index (χ0) is 27.0. The maximum atomic E-state index is 13.1. The highest BCUT2D eigenvalue weighted by Crippen LogP contribution is 2.50. The average Bonchev–Trinajstić information content (AvgIpc) is 3.37. The fraction of sp³-hybridized carbons (Fsp3) is 0.433. The van der Waals surface area contributed by atoms with Crippen LogP contribution in [0, 0.1) is 5.41 Å². The van der Waals surface area contributed by atoms with E-state index in [1.54, 1.807) is 17.1 Å². The number of carbonyl (C=O) groups is 1. The normalized spacial score (nSPS) is 23.6. The fourth-order valence-corrected chi connectivity index (χ4v) is 4.21. The second kappa shape index (κ2) is 16.5. The Labute approximate surface area is 215 Å². The van der Waals surface area contributed by atoms with E-state index in [0.717, 1.165) is 53.9 Å². The van der Waals surface area contributed by atoms with Crippen LogP contribution in [0.15, 0.2) is 96.6 Å². The molecule has 0 aromatic heterocycles. The minimum Gasteiger partial charge on any atom is -0.493 e. The third kappa shape index (κ3) is 7.94.